The van der Waals surface area contributed by atoms with Crippen molar-refractivity contribution in [2.24, 2.45) is 0 Å². The number of hydrogen-bond donors (Lipinski definition) is 0. The van der Waals surface area contributed by atoms with Crippen molar-refractivity contribution < 1.29 is 0 Å². The van der Waals surface area contributed by atoms with Crippen LogP contribution in [0.5, 0.6) is 0 Å². The molecule has 0 aliphatic carbocycles. The van der Waals surface area contributed by atoms with Gasteiger partial charge in [-0.3, -0.25) is 0 Å². The van der Waals surface area contributed by atoms with E-state index in [4.69, 9.17) is 0 Å². The van der Waals surface area contributed by atoms with Gasteiger partial charge >= 0.3 is 0 Å². The lowest BCUT2D eigenvalue weighted by Crippen LogP contribution is -2.22. The van der Waals surface area contributed by atoms with E-state index < -0.39 is 0 Å². The van der Waals surface area contributed by atoms with Crippen molar-refractivity contribution in [2.45, 2.75) is 97.8 Å². The Labute approximate surface area is 168 Å². The molecule has 0 spiro atoms. The number of benzene rings is 2. The fraction of sp³-hybridized carbons (Fsp3) is 0.556. The highest BCUT2D eigenvalue weighted by molar-refractivity contribution is 5.42. The van der Waals surface area contributed by atoms with Crippen LogP contribution >= 0.6 is 0 Å². The number of rotatable bonds is 3. The third kappa shape index (κ3) is 5.24. The molecule has 0 saturated carbocycles. The first-order chi connectivity index (χ1) is 12.2. The molecule has 2 rings (SSSR count). The van der Waals surface area contributed by atoms with Gasteiger partial charge < -0.3 is 0 Å². The molecule has 0 aromatic heterocycles. The molecule has 0 radical (unpaired) electrons. The van der Waals surface area contributed by atoms with Crippen LogP contribution < -0.4 is 0 Å². The summed E-state index contributed by atoms with van der Waals surface area (Å²) in [6.45, 7) is 23.3. The molecule has 2 aromatic carbocycles. The summed E-state index contributed by atoms with van der Waals surface area (Å²) < 4.78 is 0. The maximum atomic E-state index is 2.48. The average Bonchev–Trinajstić information content (AvgIpc) is 2.52. The molecule has 148 valence electrons. The molecule has 1 atom stereocenters. The highest BCUT2D eigenvalue weighted by Crippen LogP contribution is 2.37. The van der Waals surface area contributed by atoms with Crippen molar-refractivity contribution in [3.05, 3.63) is 70.3 Å². The third-order valence-corrected chi connectivity index (χ3v) is 5.58. The first-order valence-corrected chi connectivity index (χ1v) is 10.4. The third-order valence-electron chi connectivity index (χ3n) is 5.58. The number of hydrogen-bond acceptors (Lipinski definition) is 0. The predicted molar refractivity (Wildman–Crippen MR) is 121 cm³/mol. The van der Waals surface area contributed by atoms with Gasteiger partial charge in [0.05, 0.1) is 0 Å². The molecule has 0 fully saturated rings. The van der Waals surface area contributed by atoms with E-state index in [1.807, 2.05) is 0 Å². The second kappa shape index (κ2) is 7.46. The normalized spacial score (nSPS) is 14.3. The lowest BCUT2D eigenvalue weighted by molar-refractivity contribution is 0.528. The van der Waals surface area contributed by atoms with Gasteiger partial charge in [-0.15, -0.1) is 0 Å². The largest absolute Gasteiger partial charge is 0.0620 e. The summed E-state index contributed by atoms with van der Waals surface area (Å²) in [6.07, 6.45) is 1.09. The van der Waals surface area contributed by atoms with Gasteiger partial charge in [0, 0.05) is 0 Å². The van der Waals surface area contributed by atoms with Gasteiger partial charge in [-0.2, -0.15) is 0 Å². The van der Waals surface area contributed by atoms with Gasteiger partial charge in [0.25, 0.3) is 0 Å². The van der Waals surface area contributed by atoms with Gasteiger partial charge in [-0.25, -0.2) is 0 Å². The standard InChI is InChI=1S/C27H40/c1-19(17-21-13-11-12-14-22(21)25(2,3)4)20-15-16-23(26(5,6)7)24(18-20)27(8,9)10/h11-16,18-19H,17H2,1-10H3. The Morgan fingerprint density at radius 2 is 1.15 bits per heavy atom. The maximum Gasteiger partial charge on any atom is -0.0129 e. The molecule has 0 aliphatic heterocycles. The van der Waals surface area contributed by atoms with Gasteiger partial charge in [0.2, 0.25) is 0 Å². The van der Waals surface area contributed by atoms with E-state index in [1.54, 1.807) is 0 Å². The Hall–Kier alpha value is -1.56. The lowest BCUT2D eigenvalue weighted by atomic mass is 9.73. The SMILES string of the molecule is CC(Cc1ccccc1C(C)(C)C)c1ccc(C(C)(C)C)c(C(C)(C)C)c1. The van der Waals surface area contributed by atoms with Crippen LogP contribution in [0.3, 0.4) is 0 Å². The van der Waals surface area contributed by atoms with Gasteiger partial charge in [-0.05, 0) is 56.4 Å². The minimum Gasteiger partial charge on any atom is -0.0620 e. The van der Waals surface area contributed by atoms with Crippen LogP contribution in [-0.2, 0) is 22.7 Å². The van der Waals surface area contributed by atoms with Crippen LogP contribution in [-0.4, -0.2) is 0 Å². The Morgan fingerprint density at radius 3 is 1.67 bits per heavy atom. The van der Waals surface area contributed by atoms with E-state index >= 15 is 0 Å². The van der Waals surface area contributed by atoms with Gasteiger partial charge in [0.15, 0.2) is 0 Å². The van der Waals surface area contributed by atoms with E-state index in [2.05, 4.69) is 112 Å². The zero-order valence-electron chi connectivity index (χ0n) is 19.3. The van der Waals surface area contributed by atoms with Crippen molar-refractivity contribution in [1.82, 2.24) is 0 Å². The Bertz CT molecular complexity index is 773. The fourth-order valence-electron chi connectivity index (χ4n) is 4.02. The molecular formula is C27H40. The monoisotopic (exact) mass is 364 g/mol. The van der Waals surface area contributed by atoms with Crippen LogP contribution in [0.4, 0.5) is 0 Å². The fourth-order valence-corrected chi connectivity index (χ4v) is 4.02. The van der Waals surface area contributed by atoms with Crippen LogP contribution in [0, 0.1) is 0 Å². The molecular weight excluding hydrogens is 324 g/mol. The van der Waals surface area contributed by atoms with E-state index in [1.165, 1.54) is 27.8 Å². The summed E-state index contributed by atoms with van der Waals surface area (Å²) in [6, 6.07) is 16.2. The molecule has 2 aromatic rings. The van der Waals surface area contributed by atoms with Crippen LogP contribution in [0.2, 0.25) is 0 Å². The molecule has 0 bridgehead atoms. The minimum absolute atomic E-state index is 0.154. The van der Waals surface area contributed by atoms with Crippen molar-refractivity contribution in [2.75, 3.05) is 0 Å². The van der Waals surface area contributed by atoms with Crippen LogP contribution in [0.25, 0.3) is 0 Å². The predicted octanol–water partition coefficient (Wildman–Crippen LogP) is 7.93. The summed E-state index contributed by atoms with van der Waals surface area (Å²) in [5.74, 6) is 0.503. The smallest absolute Gasteiger partial charge is 0.0129 e. The van der Waals surface area contributed by atoms with Crippen LogP contribution in [0.15, 0.2) is 42.5 Å². The second-order valence-corrected chi connectivity index (χ2v) is 11.3. The molecule has 0 heteroatoms. The first-order valence-electron chi connectivity index (χ1n) is 10.4. The zero-order valence-corrected chi connectivity index (χ0v) is 19.3. The summed E-state index contributed by atoms with van der Waals surface area (Å²) in [7, 11) is 0. The van der Waals surface area contributed by atoms with Gasteiger partial charge in [-0.1, -0.05) is 112 Å². The summed E-state index contributed by atoms with van der Waals surface area (Å²) >= 11 is 0. The van der Waals surface area contributed by atoms with Crippen molar-refractivity contribution >= 4 is 0 Å². The zero-order chi connectivity index (χ0) is 20.6. The van der Waals surface area contributed by atoms with Crippen LogP contribution in [0.1, 0.15) is 103 Å². The van der Waals surface area contributed by atoms with Crippen molar-refractivity contribution in [3.63, 3.8) is 0 Å². The molecule has 0 N–H and O–H groups in total. The second-order valence-electron chi connectivity index (χ2n) is 11.3. The Kier molecular flexibility index (Phi) is 6.00. The quantitative estimate of drug-likeness (QED) is 0.518. The molecule has 0 nitrogen and oxygen atoms in total. The summed E-state index contributed by atoms with van der Waals surface area (Å²) in [5, 5.41) is 0. The highest BCUT2D eigenvalue weighted by Gasteiger charge is 2.26. The molecule has 0 aliphatic rings. The molecule has 27 heavy (non-hydrogen) atoms. The summed E-state index contributed by atoms with van der Waals surface area (Å²) in [4.78, 5) is 0. The van der Waals surface area contributed by atoms with E-state index in [9.17, 15) is 0 Å². The van der Waals surface area contributed by atoms with Crippen molar-refractivity contribution in [3.8, 4) is 0 Å². The van der Waals surface area contributed by atoms with Gasteiger partial charge in [0.1, 0.15) is 0 Å². The highest BCUT2D eigenvalue weighted by atomic mass is 14.3. The molecule has 1 unspecified atom stereocenters. The topological polar surface area (TPSA) is 0 Å². The van der Waals surface area contributed by atoms with Crippen molar-refractivity contribution in [1.29, 1.82) is 0 Å². The molecule has 0 saturated heterocycles. The van der Waals surface area contributed by atoms with E-state index in [-0.39, 0.29) is 16.2 Å². The Balaban J connectivity index is 2.43. The average molecular weight is 365 g/mol. The molecule has 0 heterocycles. The maximum absolute atomic E-state index is 2.48. The first kappa shape index (κ1) is 21.7. The Morgan fingerprint density at radius 1 is 0.630 bits per heavy atom. The van der Waals surface area contributed by atoms with E-state index in [0.29, 0.717) is 5.92 Å². The minimum atomic E-state index is 0.154. The summed E-state index contributed by atoms with van der Waals surface area (Å²) in [5.41, 5.74) is 7.88. The van der Waals surface area contributed by atoms with E-state index in [0.717, 1.165) is 6.42 Å². The lowest BCUT2D eigenvalue weighted by Gasteiger charge is -2.31. The molecule has 0 amide bonds.